The van der Waals surface area contributed by atoms with E-state index < -0.39 is 28.5 Å². The highest BCUT2D eigenvalue weighted by Gasteiger charge is 2.36. The maximum absolute atomic E-state index is 13.1. The average molecular weight is 584 g/mol. The lowest BCUT2D eigenvalue weighted by Crippen LogP contribution is -2.36. The van der Waals surface area contributed by atoms with Gasteiger partial charge in [-0.2, -0.15) is 0 Å². The molecule has 0 atom stereocenters. The minimum absolute atomic E-state index is 0.00651. The van der Waals surface area contributed by atoms with Gasteiger partial charge in [-0.1, -0.05) is 42.5 Å². The SMILES string of the molecule is CCOc1cc(/C=C2/SC(=O)N(CC(=O)Nc3cccc4ccccc34)C2=O)ccc1OCc1ccc([N+](=O)[O-])cc1. The molecule has 11 heteroatoms. The van der Waals surface area contributed by atoms with E-state index in [1.165, 1.54) is 12.1 Å². The number of nitrogens with one attached hydrogen (secondary N) is 1. The molecule has 1 fully saturated rings. The van der Waals surface area contributed by atoms with Gasteiger partial charge in [0, 0.05) is 23.2 Å². The third kappa shape index (κ3) is 6.42. The molecule has 0 bridgehead atoms. The molecule has 3 amide bonds. The third-order valence-corrected chi connectivity index (χ3v) is 7.25. The first-order chi connectivity index (χ1) is 20.3. The molecule has 1 N–H and O–H groups in total. The fourth-order valence-corrected chi connectivity index (χ4v) is 5.17. The number of nitro benzene ring substituents is 1. The first-order valence-electron chi connectivity index (χ1n) is 13.0. The molecule has 42 heavy (non-hydrogen) atoms. The van der Waals surface area contributed by atoms with Crippen molar-refractivity contribution in [3.63, 3.8) is 0 Å². The maximum atomic E-state index is 13.1. The standard InChI is InChI=1S/C31H25N3O7S/c1-2-40-27-16-21(12-15-26(27)41-19-20-10-13-23(14-11-20)34(38)39)17-28-30(36)33(31(37)42-28)18-29(35)32-25-9-5-7-22-6-3-4-8-24(22)25/h3-17H,2,18-19H2,1H3,(H,32,35)/b28-17+. The van der Waals surface area contributed by atoms with Crippen LogP contribution in [0.25, 0.3) is 16.8 Å². The summed E-state index contributed by atoms with van der Waals surface area (Å²) in [5, 5.41) is 14.9. The fourth-order valence-electron chi connectivity index (χ4n) is 4.33. The Bertz CT molecular complexity index is 1710. The number of benzene rings is 4. The minimum Gasteiger partial charge on any atom is -0.490 e. The number of ether oxygens (including phenoxy) is 2. The van der Waals surface area contributed by atoms with Crippen LogP contribution in [0.2, 0.25) is 0 Å². The van der Waals surface area contributed by atoms with Crippen molar-refractivity contribution in [1.82, 2.24) is 4.90 Å². The zero-order valence-corrected chi connectivity index (χ0v) is 23.3. The topological polar surface area (TPSA) is 128 Å². The van der Waals surface area contributed by atoms with E-state index in [9.17, 15) is 24.5 Å². The van der Waals surface area contributed by atoms with E-state index in [0.29, 0.717) is 29.4 Å². The predicted octanol–water partition coefficient (Wildman–Crippen LogP) is 6.40. The van der Waals surface area contributed by atoms with Crippen molar-refractivity contribution in [2.24, 2.45) is 0 Å². The summed E-state index contributed by atoms with van der Waals surface area (Å²) in [4.78, 5) is 50.0. The normalized spacial score (nSPS) is 13.9. The van der Waals surface area contributed by atoms with Crippen molar-refractivity contribution in [1.29, 1.82) is 0 Å². The number of non-ortho nitro benzene ring substituents is 1. The molecule has 1 aliphatic heterocycles. The Kier molecular flexibility index (Phi) is 8.49. The van der Waals surface area contributed by atoms with E-state index >= 15 is 0 Å². The zero-order chi connectivity index (χ0) is 29.6. The van der Waals surface area contributed by atoms with Crippen LogP contribution in [0.5, 0.6) is 11.5 Å². The van der Waals surface area contributed by atoms with Gasteiger partial charge in [0.05, 0.1) is 16.4 Å². The summed E-state index contributed by atoms with van der Waals surface area (Å²) in [6, 6.07) is 24.3. The highest BCUT2D eigenvalue weighted by molar-refractivity contribution is 8.18. The molecule has 10 nitrogen and oxygen atoms in total. The van der Waals surface area contributed by atoms with Crippen LogP contribution in [-0.4, -0.2) is 40.0 Å². The van der Waals surface area contributed by atoms with Crippen molar-refractivity contribution in [3.8, 4) is 11.5 Å². The summed E-state index contributed by atoms with van der Waals surface area (Å²) < 4.78 is 11.6. The van der Waals surface area contributed by atoms with Gasteiger partial charge in [0.15, 0.2) is 11.5 Å². The average Bonchev–Trinajstić information content (AvgIpc) is 3.24. The van der Waals surface area contributed by atoms with E-state index in [4.69, 9.17) is 9.47 Å². The number of hydrogen-bond donors (Lipinski definition) is 1. The molecule has 0 saturated carbocycles. The summed E-state index contributed by atoms with van der Waals surface area (Å²) in [5.74, 6) is -0.162. The first kappa shape index (κ1) is 28.4. The van der Waals surface area contributed by atoms with Crippen LogP contribution in [0.4, 0.5) is 16.2 Å². The summed E-state index contributed by atoms with van der Waals surface area (Å²) in [7, 11) is 0. The molecular formula is C31H25N3O7S. The second-order valence-corrected chi connectivity index (χ2v) is 10.2. The summed E-state index contributed by atoms with van der Waals surface area (Å²) in [6.07, 6.45) is 1.57. The summed E-state index contributed by atoms with van der Waals surface area (Å²) >= 11 is 0.760. The molecule has 4 aromatic rings. The van der Waals surface area contributed by atoms with Crippen molar-refractivity contribution >= 4 is 57.0 Å². The van der Waals surface area contributed by atoms with Crippen LogP contribution >= 0.6 is 11.8 Å². The number of imide groups is 1. The predicted molar refractivity (Wildman–Crippen MR) is 160 cm³/mol. The lowest BCUT2D eigenvalue weighted by atomic mass is 10.1. The highest BCUT2D eigenvalue weighted by atomic mass is 32.2. The van der Waals surface area contributed by atoms with E-state index in [0.717, 1.165) is 33.0 Å². The molecular weight excluding hydrogens is 558 g/mol. The van der Waals surface area contributed by atoms with Crippen LogP contribution in [0.15, 0.2) is 89.8 Å². The molecule has 0 unspecified atom stereocenters. The number of anilines is 1. The molecule has 0 spiro atoms. The van der Waals surface area contributed by atoms with Crippen molar-refractivity contribution in [2.75, 3.05) is 18.5 Å². The molecule has 0 aliphatic carbocycles. The lowest BCUT2D eigenvalue weighted by Gasteiger charge is -2.14. The van der Waals surface area contributed by atoms with Crippen molar-refractivity contribution in [2.45, 2.75) is 13.5 Å². The largest absolute Gasteiger partial charge is 0.490 e. The molecule has 0 aromatic heterocycles. The Labute approximate surface area is 245 Å². The number of carbonyl (C=O) groups is 3. The van der Waals surface area contributed by atoms with Crippen LogP contribution in [0.3, 0.4) is 0 Å². The van der Waals surface area contributed by atoms with E-state index in [1.54, 1.807) is 42.5 Å². The monoisotopic (exact) mass is 583 g/mol. The number of carbonyl (C=O) groups excluding carboxylic acids is 3. The Morgan fingerprint density at radius 1 is 0.976 bits per heavy atom. The number of nitro groups is 1. The number of thioether (sulfide) groups is 1. The Balaban J connectivity index is 1.26. The lowest BCUT2D eigenvalue weighted by molar-refractivity contribution is -0.384. The van der Waals surface area contributed by atoms with Gasteiger partial charge < -0.3 is 14.8 Å². The summed E-state index contributed by atoms with van der Waals surface area (Å²) in [5.41, 5.74) is 1.94. The molecule has 0 radical (unpaired) electrons. The molecule has 4 aromatic carbocycles. The van der Waals surface area contributed by atoms with Crippen LogP contribution in [-0.2, 0) is 16.2 Å². The number of fused-ring (bicyclic) bond motifs is 1. The van der Waals surface area contributed by atoms with Gasteiger partial charge in [-0.25, -0.2) is 0 Å². The van der Waals surface area contributed by atoms with E-state index in [1.807, 2.05) is 43.3 Å². The van der Waals surface area contributed by atoms with E-state index in [2.05, 4.69) is 5.32 Å². The smallest absolute Gasteiger partial charge is 0.294 e. The number of hydrogen-bond acceptors (Lipinski definition) is 8. The van der Waals surface area contributed by atoms with E-state index in [-0.39, 0.29) is 17.2 Å². The molecule has 1 heterocycles. The van der Waals surface area contributed by atoms with Crippen LogP contribution in [0, 0.1) is 10.1 Å². The molecule has 1 aliphatic rings. The quantitative estimate of drug-likeness (QED) is 0.129. The first-order valence-corrected chi connectivity index (χ1v) is 13.8. The Morgan fingerprint density at radius 3 is 2.50 bits per heavy atom. The van der Waals surface area contributed by atoms with Gasteiger partial charge in [0.1, 0.15) is 13.2 Å². The maximum Gasteiger partial charge on any atom is 0.294 e. The van der Waals surface area contributed by atoms with Gasteiger partial charge in [-0.15, -0.1) is 0 Å². The second-order valence-electron chi connectivity index (χ2n) is 9.19. The minimum atomic E-state index is -0.561. The Hall–Kier alpha value is -5.16. The molecule has 1 saturated heterocycles. The van der Waals surface area contributed by atoms with Crippen LogP contribution in [0.1, 0.15) is 18.1 Å². The van der Waals surface area contributed by atoms with Crippen molar-refractivity contribution in [3.05, 3.63) is 111 Å². The zero-order valence-electron chi connectivity index (χ0n) is 22.4. The number of nitrogens with zero attached hydrogens (tertiary/aromatic N) is 2. The van der Waals surface area contributed by atoms with Gasteiger partial charge in [-0.3, -0.25) is 29.4 Å². The summed E-state index contributed by atoms with van der Waals surface area (Å²) in [6.45, 7) is 1.93. The highest BCUT2D eigenvalue weighted by Crippen LogP contribution is 2.35. The van der Waals surface area contributed by atoms with Gasteiger partial charge >= 0.3 is 0 Å². The van der Waals surface area contributed by atoms with Crippen molar-refractivity contribution < 1.29 is 28.8 Å². The number of rotatable bonds is 10. The second kappa shape index (κ2) is 12.6. The molecule has 212 valence electrons. The fraction of sp³-hybridized carbons (Fsp3) is 0.129. The Morgan fingerprint density at radius 2 is 1.74 bits per heavy atom. The number of amides is 3. The van der Waals surface area contributed by atoms with Gasteiger partial charge in [0.2, 0.25) is 5.91 Å². The third-order valence-electron chi connectivity index (χ3n) is 6.35. The van der Waals surface area contributed by atoms with Gasteiger partial charge in [0.25, 0.3) is 16.8 Å². The van der Waals surface area contributed by atoms with Crippen LogP contribution < -0.4 is 14.8 Å². The molecule has 5 rings (SSSR count). The van der Waals surface area contributed by atoms with Gasteiger partial charge in [-0.05, 0) is 71.6 Å².